The minimum atomic E-state index is -3.66. The summed E-state index contributed by atoms with van der Waals surface area (Å²) in [5.41, 5.74) is -0.704. The average Bonchev–Trinajstić information content (AvgIpc) is 1.99. The molecule has 0 atom stereocenters. The highest BCUT2D eigenvalue weighted by Crippen LogP contribution is 2.23. The summed E-state index contributed by atoms with van der Waals surface area (Å²) in [5, 5.41) is 0. The van der Waals surface area contributed by atoms with Crippen LogP contribution in [0.25, 0.3) is 0 Å². The molecule has 0 aliphatic rings. The van der Waals surface area contributed by atoms with Crippen molar-refractivity contribution in [1.29, 1.82) is 0 Å². The third-order valence-electron chi connectivity index (χ3n) is 1.47. The Bertz CT molecular complexity index is 318. The van der Waals surface area contributed by atoms with E-state index in [9.17, 15) is 13.2 Å². The van der Waals surface area contributed by atoms with Crippen LogP contribution < -0.4 is 0 Å². The molecule has 0 saturated heterocycles. The fraction of sp³-hybridized carbons (Fsp3) is 0.857. The number of hydrogen-bond acceptors (Lipinski definition) is 3. The molecule has 0 saturated carbocycles. The molecule has 0 aromatic carbocycles. The van der Waals surface area contributed by atoms with Crippen molar-refractivity contribution in [1.82, 2.24) is 6.82 Å². The summed E-state index contributed by atoms with van der Waals surface area (Å²) < 4.78 is 24.8. The van der Waals surface area contributed by atoms with Gasteiger partial charge in [-0.25, -0.2) is 0 Å². The molecule has 0 heterocycles. The van der Waals surface area contributed by atoms with Crippen LogP contribution >= 0.6 is 22.9 Å². The number of nitrogens with zero attached hydrogens (tertiary/aromatic N) is 2. The van der Waals surface area contributed by atoms with E-state index in [4.69, 9.17) is 0 Å². The van der Waals surface area contributed by atoms with E-state index in [0.717, 1.165) is 6.82 Å². The lowest BCUT2D eigenvalue weighted by Crippen LogP contribution is -2.42. The first-order valence-electron chi connectivity index (χ1n) is 3.94. The molecule has 0 N–H and O–H groups in total. The monoisotopic (exact) mass is 334 g/mol. The van der Waals surface area contributed by atoms with Gasteiger partial charge in [0, 0.05) is 19.5 Å². The highest BCUT2D eigenvalue weighted by atomic mass is 127. The zero-order valence-corrected chi connectivity index (χ0v) is 11.9. The molecule has 0 aromatic rings. The van der Waals surface area contributed by atoms with Gasteiger partial charge in [0.2, 0.25) is 0 Å². The third-order valence-corrected chi connectivity index (χ3v) is 4.89. The lowest BCUT2D eigenvalue weighted by atomic mass is 9.96. The van der Waals surface area contributed by atoms with Gasteiger partial charge in [0.05, 0.1) is 22.9 Å². The van der Waals surface area contributed by atoms with Crippen LogP contribution in [0.15, 0.2) is 0 Å². The zero-order valence-electron chi connectivity index (χ0n) is 8.91. The van der Waals surface area contributed by atoms with Crippen molar-refractivity contribution in [3.63, 3.8) is 0 Å². The Morgan fingerprint density at radius 2 is 1.57 bits per heavy atom. The maximum Gasteiger partial charge on any atom is 0.314 e. The summed E-state index contributed by atoms with van der Waals surface area (Å²) in [6, 6.07) is 0. The molecule has 1 amide bonds. The van der Waals surface area contributed by atoms with Crippen molar-refractivity contribution < 1.29 is 13.2 Å². The van der Waals surface area contributed by atoms with Crippen LogP contribution in [-0.4, -0.2) is 35.2 Å². The third kappa shape index (κ3) is 3.06. The Hall–Kier alpha value is 0.110. The van der Waals surface area contributed by atoms with Crippen molar-refractivity contribution in [3.05, 3.63) is 0 Å². The summed E-state index contributed by atoms with van der Waals surface area (Å²) in [6.07, 6.45) is 0. The van der Waals surface area contributed by atoms with Crippen molar-refractivity contribution in [2.75, 3.05) is 14.1 Å². The van der Waals surface area contributed by atoms with E-state index in [-0.39, 0.29) is 0 Å². The molecule has 84 valence electrons. The van der Waals surface area contributed by atoms with Gasteiger partial charge in [0.15, 0.2) is 0 Å². The van der Waals surface area contributed by atoms with Crippen LogP contribution in [0.1, 0.15) is 20.8 Å². The second-order valence-corrected chi connectivity index (χ2v) is 7.67. The highest BCUT2D eigenvalue weighted by Gasteiger charge is 2.34. The molecule has 0 aliphatic heterocycles. The summed E-state index contributed by atoms with van der Waals surface area (Å²) in [7, 11) is -0.884. The van der Waals surface area contributed by atoms with Crippen LogP contribution in [0, 0.1) is 5.41 Å². The Morgan fingerprint density at radius 1 is 1.21 bits per heavy atom. The summed E-state index contributed by atoms with van der Waals surface area (Å²) in [4.78, 5) is 11.6. The Morgan fingerprint density at radius 3 is 1.79 bits per heavy atom. The largest absolute Gasteiger partial charge is 0.314 e. The molecule has 7 heteroatoms. The van der Waals surface area contributed by atoms with Crippen molar-refractivity contribution in [2.24, 2.45) is 5.41 Å². The van der Waals surface area contributed by atoms with Crippen LogP contribution in [0.5, 0.6) is 0 Å². The zero-order chi connectivity index (χ0) is 11.7. The first kappa shape index (κ1) is 14.1. The predicted molar refractivity (Wildman–Crippen MR) is 62.9 cm³/mol. The van der Waals surface area contributed by atoms with Gasteiger partial charge in [-0.2, -0.15) is 15.2 Å². The van der Waals surface area contributed by atoms with Crippen molar-refractivity contribution in [3.8, 4) is 0 Å². The summed E-state index contributed by atoms with van der Waals surface area (Å²) in [5.74, 6) is -0.438. The fourth-order valence-electron chi connectivity index (χ4n) is 0.512. The Labute approximate surface area is 99.1 Å². The highest BCUT2D eigenvalue weighted by molar-refractivity contribution is 14.1. The SMILES string of the molecule is CN(C)S(=O)(=O)N(I)C(=O)C(C)(C)C. The maximum atomic E-state index is 11.6. The van der Waals surface area contributed by atoms with Gasteiger partial charge in [-0.1, -0.05) is 20.8 Å². The molecule has 0 aliphatic carbocycles. The van der Waals surface area contributed by atoms with Gasteiger partial charge in [0.25, 0.3) is 5.91 Å². The maximum absolute atomic E-state index is 11.6. The van der Waals surface area contributed by atoms with Gasteiger partial charge < -0.3 is 0 Å². The molecular weight excluding hydrogens is 319 g/mol. The number of carbonyl (C=O) groups is 1. The molecular formula is C7H15IN2O3S. The molecule has 5 nitrogen and oxygen atoms in total. The van der Waals surface area contributed by atoms with Crippen LogP contribution in [0.4, 0.5) is 0 Å². The summed E-state index contributed by atoms with van der Waals surface area (Å²) >= 11 is 1.50. The number of hydrogen-bond donors (Lipinski definition) is 0. The standard InChI is InChI=1S/C7H15IN2O3S/c1-7(2,3)6(11)10(8)14(12,13)9(4)5/h1-5H3. The van der Waals surface area contributed by atoms with Gasteiger partial charge in [-0.3, -0.25) is 4.79 Å². The first-order chi connectivity index (χ1) is 6.01. The van der Waals surface area contributed by atoms with E-state index in [1.165, 1.54) is 37.0 Å². The number of carbonyl (C=O) groups excluding carboxylic acids is 1. The molecule has 0 bridgehead atoms. The van der Waals surface area contributed by atoms with Crippen molar-refractivity contribution >= 4 is 39.0 Å². The predicted octanol–water partition coefficient (Wildman–Crippen LogP) is 1.02. The molecule has 0 unspecified atom stereocenters. The van der Waals surface area contributed by atoms with Gasteiger partial charge in [-0.05, 0) is 0 Å². The topological polar surface area (TPSA) is 57.7 Å². The van der Waals surface area contributed by atoms with Crippen LogP contribution in [-0.2, 0) is 15.0 Å². The molecule has 0 rings (SSSR count). The molecule has 0 spiro atoms. The van der Waals surface area contributed by atoms with E-state index in [0.29, 0.717) is 0 Å². The average molecular weight is 334 g/mol. The van der Waals surface area contributed by atoms with Crippen LogP contribution in [0.2, 0.25) is 0 Å². The van der Waals surface area contributed by atoms with E-state index < -0.39 is 21.5 Å². The van der Waals surface area contributed by atoms with Gasteiger partial charge in [-0.15, -0.1) is 0 Å². The van der Waals surface area contributed by atoms with E-state index in [1.54, 1.807) is 20.8 Å². The lowest BCUT2D eigenvalue weighted by Gasteiger charge is -2.25. The van der Waals surface area contributed by atoms with Gasteiger partial charge >= 0.3 is 10.2 Å². The second-order valence-electron chi connectivity index (χ2n) is 4.06. The summed E-state index contributed by atoms with van der Waals surface area (Å²) in [6.45, 7) is 5.02. The second kappa shape index (κ2) is 4.31. The van der Waals surface area contributed by atoms with E-state index >= 15 is 0 Å². The minimum absolute atomic E-state index is 0.438. The quantitative estimate of drug-likeness (QED) is 0.560. The lowest BCUT2D eigenvalue weighted by molar-refractivity contribution is -0.130. The first-order valence-corrected chi connectivity index (χ1v) is 6.30. The number of rotatable bonds is 2. The number of halogens is 1. The van der Waals surface area contributed by atoms with E-state index in [1.807, 2.05) is 0 Å². The molecule has 0 aromatic heterocycles. The molecule has 0 radical (unpaired) electrons. The Kier molecular flexibility index (Phi) is 4.35. The van der Waals surface area contributed by atoms with Crippen LogP contribution in [0.3, 0.4) is 0 Å². The minimum Gasteiger partial charge on any atom is -0.272 e. The van der Waals surface area contributed by atoms with Crippen molar-refractivity contribution in [2.45, 2.75) is 20.8 Å². The normalized spacial score (nSPS) is 13.1. The molecule has 0 fully saturated rings. The fourth-order valence-corrected chi connectivity index (χ4v) is 3.06. The Balaban J connectivity index is 5.01. The smallest absolute Gasteiger partial charge is 0.272 e. The number of amides is 1. The van der Waals surface area contributed by atoms with E-state index in [2.05, 4.69) is 0 Å². The molecule has 14 heavy (non-hydrogen) atoms. The van der Waals surface area contributed by atoms with Gasteiger partial charge in [0.1, 0.15) is 0 Å².